The van der Waals surface area contributed by atoms with Crippen LogP contribution in [0.4, 0.5) is 0 Å². The molecule has 0 aromatic carbocycles. The van der Waals surface area contributed by atoms with E-state index in [0.717, 1.165) is 0 Å². The van der Waals surface area contributed by atoms with Crippen molar-refractivity contribution in [1.29, 1.82) is 0 Å². The van der Waals surface area contributed by atoms with E-state index in [4.69, 9.17) is 5.73 Å². The van der Waals surface area contributed by atoms with Crippen molar-refractivity contribution in [3.8, 4) is 0 Å². The zero-order valence-electron chi connectivity index (χ0n) is 5.37. The van der Waals surface area contributed by atoms with E-state index in [1.54, 1.807) is 13.8 Å². The van der Waals surface area contributed by atoms with E-state index >= 15 is 0 Å². The SMILES string of the molecule is CC(C)N=C(N)[P+](=O)[O-]. The lowest BCUT2D eigenvalue weighted by atomic mass is 10.4. The summed E-state index contributed by atoms with van der Waals surface area (Å²) in [6.45, 7) is 3.51. The highest BCUT2D eigenvalue weighted by molar-refractivity contribution is 7.57. The summed E-state index contributed by atoms with van der Waals surface area (Å²) in [5, 5.41) is 0. The maximum atomic E-state index is 10.0. The molecule has 0 fully saturated rings. The summed E-state index contributed by atoms with van der Waals surface area (Å²) in [6, 6.07) is -0.0575. The van der Waals surface area contributed by atoms with Crippen LogP contribution in [0.5, 0.6) is 0 Å². The maximum Gasteiger partial charge on any atom is 0.388 e. The Labute approximate surface area is 54.7 Å². The molecule has 0 heterocycles. The van der Waals surface area contributed by atoms with Crippen molar-refractivity contribution in [2.75, 3.05) is 0 Å². The van der Waals surface area contributed by atoms with E-state index in [1.807, 2.05) is 0 Å². The van der Waals surface area contributed by atoms with E-state index < -0.39 is 8.03 Å². The molecule has 0 saturated carbocycles. The second-order valence-corrected chi connectivity index (χ2v) is 2.81. The van der Waals surface area contributed by atoms with Crippen LogP contribution in [0.1, 0.15) is 13.8 Å². The first kappa shape index (κ1) is 8.53. The molecule has 1 unspecified atom stereocenters. The van der Waals surface area contributed by atoms with Crippen LogP contribution in [0.2, 0.25) is 0 Å². The topological polar surface area (TPSA) is 78.5 Å². The van der Waals surface area contributed by atoms with Gasteiger partial charge in [-0.1, -0.05) is 4.57 Å². The fourth-order valence-electron chi connectivity index (χ4n) is 0.312. The van der Waals surface area contributed by atoms with Gasteiger partial charge >= 0.3 is 13.6 Å². The summed E-state index contributed by atoms with van der Waals surface area (Å²) >= 11 is 0. The Balaban J connectivity index is 4.00. The zero-order valence-corrected chi connectivity index (χ0v) is 6.26. The van der Waals surface area contributed by atoms with Crippen LogP contribution in [0, 0.1) is 0 Å². The Morgan fingerprint density at radius 2 is 2.22 bits per heavy atom. The first-order chi connectivity index (χ1) is 4.04. The molecule has 0 radical (unpaired) electrons. The van der Waals surface area contributed by atoms with Gasteiger partial charge in [0.2, 0.25) is 0 Å². The molecule has 0 saturated heterocycles. The quantitative estimate of drug-likeness (QED) is 0.335. The van der Waals surface area contributed by atoms with Gasteiger partial charge in [-0.15, -0.1) is 0 Å². The second-order valence-electron chi connectivity index (χ2n) is 1.84. The van der Waals surface area contributed by atoms with Crippen LogP contribution in [-0.2, 0) is 4.57 Å². The van der Waals surface area contributed by atoms with Crippen LogP contribution < -0.4 is 10.6 Å². The highest BCUT2D eigenvalue weighted by Gasteiger charge is 2.07. The molecule has 0 aliphatic rings. The summed E-state index contributed by atoms with van der Waals surface area (Å²) in [4.78, 5) is 13.6. The lowest BCUT2D eigenvalue weighted by Gasteiger charge is -1.92. The fraction of sp³-hybridized carbons (Fsp3) is 0.750. The van der Waals surface area contributed by atoms with Gasteiger partial charge < -0.3 is 10.6 Å². The minimum absolute atomic E-state index is 0.0575. The van der Waals surface area contributed by atoms with Gasteiger partial charge in [0.05, 0.1) is 6.04 Å². The van der Waals surface area contributed by atoms with Crippen LogP contribution in [0.25, 0.3) is 0 Å². The van der Waals surface area contributed by atoms with E-state index in [0.29, 0.717) is 0 Å². The van der Waals surface area contributed by atoms with Crippen LogP contribution >= 0.6 is 8.03 Å². The second kappa shape index (κ2) is 3.54. The number of nitrogens with two attached hydrogens (primary N) is 1. The highest BCUT2D eigenvalue weighted by Crippen LogP contribution is 2.06. The Bertz CT molecular complexity index is 144. The number of aliphatic imine (C=N–C) groups is 1. The Kier molecular flexibility index (Phi) is 3.35. The molecule has 0 rings (SSSR count). The molecule has 9 heavy (non-hydrogen) atoms. The van der Waals surface area contributed by atoms with E-state index in [2.05, 4.69) is 4.99 Å². The van der Waals surface area contributed by atoms with Crippen molar-refractivity contribution in [1.82, 2.24) is 0 Å². The number of nitrogens with zero attached hydrogens (tertiary/aromatic N) is 1. The minimum atomic E-state index is -2.67. The molecular weight excluding hydrogens is 139 g/mol. The van der Waals surface area contributed by atoms with Crippen molar-refractivity contribution in [2.45, 2.75) is 19.9 Å². The molecule has 52 valence electrons. The number of hydrogen-bond acceptors (Lipinski definition) is 3. The number of rotatable bonds is 2. The molecule has 0 aromatic rings. The van der Waals surface area contributed by atoms with Crippen molar-refractivity contribution in [3.63, 3.8) is 0 Å². The third-order valence-electron chi connectivity index (χ3n) is 0.578. The highest BCUT2D eigenvalue weighted by atomic mass is 31.1. The van der Waals surface area contributed by atoms with Crippen LogP contribution in [-0.4, -0.2) is 11.6 Å². The molecule has 0 bridgehead atoms. The van der Waals surface area contributed by atoms with Crippen molar-refractivity contribution in [2.24, 2.45) is 10.7 Å². The average Bonchev–Trinajstić information content (AvgIpc) is 1.63. The summed E-state index contributed by atoms with van der Waals surface area (Å²) in [5.74, 6) is 0. The monoisotopic (exact) mass is 148 g/mol. The largest absolute Gasteiger partial charge is 0.588 e. The molecule has 0 aliphatic heterocycles. The molecule has 1 atom stereocenters. The van der Waals surface area contributed by atoms with E-state index in [-0.39, 0.29) is 11.6 Å². The molecule has 0 aliphatic carbocycles. The van der Waals surface area contributed by atoms with Gasteiger partial charge in [-0.25, -0.2) is 4.99 Å². The molecule has 0 spiro atoms. The molecule has 4 nitrogen and oxygen atoms in total. The van der Waals surface area contributed by atoms with Crippen LogP contribution in [0.3, 0.4) is 0 Å². The van der Waals surface area contributed by atoms with Gasteiger partial charge in [-0.2, -0.15) is 0 Å². The first-order valence-corrected chi connectivity index (χ1v) is 3.69. The summed E-state index contributed by atoms with van der Waals surface area (Å²) in [5.41, 5.74) is 4.68. The standard InChI is InChI=1S/C4H9N2O2P/c1-3(2)6-4(5)9(7)8/h3H,1-2H3,(H2,5,6). The molecule has 5 heteroatoms. The molecule has 0 amide bonds. The smallest absolute Gasteiger partial charge is 0.388 e. The van der Waals surface area contributed by atoms with Gasteiger partial charge in [0.25, 0.3) is 0 Å². The third-order valence-corrected chi connectivity index (χ3v) is 1.07. The van der Waals surface area contributed by atoms with E-state index in [1.165, 1.54) is 0 Å². The molecule has 0 aromatic heterocycles. The van der Waals surface area contributed by atoms with Crippen molar-refractivity contribution in [3.05, 3.63) is 0 Å². The fourth-order valence-corrected chi connectivity index (χ4v) is 0.637. The Morgan fingerprint density at radius 1 is 1.78 bits per heavy atom. The summed E-state index contributed by atoms with van der Waals surface area (Å²) < 4.78 is 10.0. The summed E-state index contributed by atoms with van der Waals surface area (Å²) in [6.07, 6.45) is 0. The third kappa shape index (κ3) is 4.06. The normalized spacial score (nSPS) is 14.2. The van der Waals surface area contributed by atoms with Gasteiger partial charge in [0.15, 0.2) is 0 Å². The van der Waals surface area contributed by atoms with Gasteiger partial charge in [-0.05, 0) is 13.8 Å². The predicted octanol–water partition coefficient (Wildman–Crippen LogP) is -0.188. The number of amidine groups is 1. The molecular formula is C4H9N2O2P. The van der Waals surface area contributed by atoms with Crippen molar-refractivity contribution < 1.29 is 9.46 Å². The van der Waals surface area contributed by atoms with Crippen LogP contribution in [0.15, 0.2) is 4.99 Å². The van der Waals surface area contributed by atoms with E-state index in [9.17, 15) is 9.46 Å². The van der Waals surface area contributed by atoms with Gasteiger partial charge in [-0.3, -0.25) is 0 Å². The average molecular weight is 148 g/mol. The van der Waals surface area contributed by atoms with Gasteiger partial charge in [0.1, 0.15) is 0 Å². The number of hydrogen-bond donors (Lipinski definition) is 1. The lowest BCUT2D eigenvalue weighted by molar-refractivity contribution is -0.159. The summed E-state index contributed by atoms with van der Waals surface area (Å²) in [7, 11) is -2.67. The van der Waals surface area contributed by atoms with Crippen molar-refractivity contribution >= 4 is 13.6 Å². The first-order valence-electron chi connectivity index (χ1n) is 2.51. The Morgan fingerprint density at radius 3 is 2.33 bits per heavy atom. The maximum absolute atomic E-state index is 10.0. The Hall–Kier alpha value is -0.470. The lowest BCUT2D eigenvalue weighted by Crippen LogP contribution is -2.13. The predicted molar refractivity (Wildman–Crippen MR) is 34.4 cm³/mol. The zero-order chi connectivity index (χ0) is 7.44. The molecule has 2 N–H and O–H groups in total. The van der Waals surface area contributed by atoms with Gasteiger partial charge in [0, 0.05) is 0 Å². The minimum Gasteiger partial charge on any atom is -0.588 e.